The highest BCUT2D eigenvalue weighted by Gasteiger charge is 2.12. The molecule has 0 saturated heterocycles. The topological polar surface area (TPSA) is 28.0 Å². The minimum absolute atomic E-state index is 0.851. The van der Waals surface area contributed by atoms with Crippen molar-refractivity contribution in [3.63, 3.8) is 0 Å². The van der Waals surface area contributed by atoms with Crippen LogP contribution < -0.4 is 5.01 Å². The molecule has 5 aromatic rings. The molecule has 0 saturated carbocycles. The lowest BCUT2D eigenvalue weighted by Crippen LogP contribution is -2.08. The van der Waals surface area contributed by atoms with Gasteiger partial charge in [0.2, 0.25) is 0 Å². The van der Waals surface area contributed by atoms with E-state index >= 15 is 0 Å². The molecule has 0 spiro atoms. The number of hydrogen-bond acceptors (Lipinski definition) is 2. The van der Waals surface area contributed by atoms with Gasteiger partial charge < -0.3 is 0 Å². The maximum Gasteiger partial charge on any atom is 0.0952 e. The number of hydrogen-bond donors (Lipinski definition) is 0. The summed E-state index contributed by atoms with van der Waals surface area (Å²) in [4.78, 5) is 0. The van der Waals surface area contributed by atoms with Gasteiger partial charge >= 0.3 is 0 Å². The van der Waals surface area contributed by atoms with Gasteiger partial charge in [0, 0.05) is 10.8 Å². The summed E-state index contributed by atoms with van der Waals surface area (Å²) < 4.78 is 0. The third-order valence-electron chi connectivity index (χ3n) is 5.00. The average molecular weight is 373 g/mol. The predicted octanol–water partition coefficient (Wildman–Crippen LogP) is 7.83. The molecule has 0 atom stereocenters. The van der Waals surface area contributed by atoms with Crippen LogP contribution in [0.2, 0.25) is 0 Å². The zero-order valence-electron chi connectivity index (χ0n) is 15.8. The summed E-state index contributed by atoms with van der Waals surface area (Å²) >= 11 is 0. The zero-order chi connectivity index (χ0) is 19.5. The molecule has 5 rings (SSSR count). The molecule has 138 valence electrons. The van der Waals surface area contributed by atoms with Crippen LogP contribution in [-0.2, 0) is 0 Å². The van der Waals surface area contributed by atoms with Crippen molar-refractivity contribution in [2.75, 3.05) is 5.01 Å². The molecule has 29 heavy (non-hydrogen) atoms. The van der Waals surface area contributed by atoms with Gasteiger partial charge in [-0.2, -0.15) is 0 Å². The SMILES string of the molecule is c1ccc(N(N=Nc2cccc3ccccc23)c2cccc3ccccc23)cc1. The van der Waals surface area contributed by atoms with E-state index in [2.05, 4.69) is 65.8 Å². The zero-order valence-corrected chi connectivity index (χ0v) is 15.8. The molecular formula is C26H19N3. The van der Waals surface area contributed by atoms with Gasteiger partial charge in [-0.3, -0.25) is 0 Å². The third-order valence-corrected chi connectivity index (χ3v) is 5.00. The second kappa shape index (κ2) is 7.56. The second-order valence-electron chi connectivity index (χ2n) is 6.83. The molecule has 3 nitrogen and oxygen atoms in total. The second-order valence-corrected chi connectivity index (χ2v) is 6.83. The number of para-hydroxylation sites is 1. The Bertz CT molecular complexity index is 1300. The van der Waals surface area contributed by atoms with Crippen molar-refractivity contribution < 1.29 is 0 Å². The Morgan fingerprint density at radius 3 is 1.86 bits per heavy atom. The number of rotatable bonds is 4. The molecule has 0 N–H and O–H groups in total. The van der Waals surface area contributed by atoms with Gasteiger partial charge in [0.25, 0.3) is 0 Å². The van der Waals surface area contributed by atoms with Crippen LogP contribution in [0, 0.1) is 0 Å². The van der Waals surface area contributed by atoms with Gasteiger partial charge in [-0.25, -0.2) is 5.01 Å². The number of fused-ring (bicyclic) bond motifs is 2. The van der Waals surface area contributed by atoms with Crippen LogP contribution in [0.25, 0.3) is 21.5 Å². The van der Waals surface area contributed by atoms with Gasteiger partial charge in [-0.15, -0.1) is 5.11 Å². The third kappa shape index (κ3) is 3.34. The maximum atomic E-state index is 4.69. The Labute approximate surface area is 169 Å². The van der Waals surface area contributed by atoms with Crippen LogP contribution in [0.5, 0.6) is 0 Å². The molecule has 0 aliphatic heterocycles. The van der Waals surface area contributed by atoms with Crippen LogP contribution in [0.3, 0.4) is 0 Å². The van der Waals surface area contributed by atoms with Crippen molar-refractivity contribution in [2.45, 2.75) is 0 Å². The molecule has 0 aliphatic carbocycles. The van der Waals surface area contributed by atoms with Crippen LogP contribution in [0.15, 0.2) is 126 Å². The summed E-state index contributed by atoms with van der Waals surface area (Å²) in [5, 5.41) is 15.8. The molecule has 0 heterocycles. The Morgan fingerprint density at radius 1 is 0.483 bits per heavy atom. The van der Waals surface area contributed by atoms with E-state index in [-0.39, 0.29) is 0 Å². The Kier molecular flexibility index (Phi) is 4.47. The molecule has 0 fully saturated rings. The van der Waals surface area contributed by atoms with Crippen molar-refractivity contribution >= 4 is 38.6 Å². The van der Waals surface area contributed by atoms with E-state index < -0.39 is 0 Å². The van der Waals surface area contributed by atoms with Crippen molar-refractivity contribution in [3.8, 4) is 0 Å². The maximum absolute atomic E-state index is 4.69. The van der Waals surface area contributed by atoms with Gasteiger partial charge in [0.1, 0.15) is 0 Å². The lowest BCUT2D eigenvalue weighted by Gasteiger charge is -2.20. The van der Waals surface area contributed by atoms with E-state index in [1.165, 1.54) is 5.39 Å². The average Bonchev–Trinajstić information content (AvgIpc) is 2.80. The largest absolute Gasteiger partial charge is 0.214 e. The summed E-state index contributed by atoms with van der Waals surface area (Å²) in [5.74, 6) is 0. The highest BCUT2D eigenvalue weighted by atomic mass is 15.5. The van der Waals surface area contributed by atoms with Gasteiger partial charge in [0.15, 0.2) is 0 Å². The van der Waals surface area contributed by atoms with E-state index in [1.54, 1.807) is 0 Å². The minimum atomic E-state index is 0.851. The van der Waals surface area contributed by atoms with Gasteiger partial charge in [-0.1, -0.05) is 96.2 Å². The number of benzene rings is 5. The van der Waals surface area contributed by atoms with E-state index in [0.29, 0.717) is 0 Å². The first-order chi connectivity index (χ1) is 14.4. The van der Waals surface area contributed by atoms with E-state index in [1.807, 2.05) is 59.6 Å². The molecule has 3 heteroatoms. The van der Waals surface area contributed by atoms with Crippen LogP contribution in [0.4, 0.5) is 17.1 Å². The van der Waals surface area contributed by atoms with E-state index in [4.69, 9.17) is 5.22 Å². The molecule has 0 amide bonds. The van der Waals surface area contributed by atoms with Crippen molar-refractivity contribution in [2.24, 2.45) is 10.3 Å². The molecule has 0 radical (unpaired) electrons. The Morgan fingerprint density at radius 2 is 1.07 bits per heavy atom. The lowest BCUT2D eigenvalue weighted by molar-refractivity contribution is 0.981. The molecule has 0 unspecified atom stereocenters. The monoisotopic (exact) mass is 373 g/mol. The van der Waals surface area contributed by atoms with Gasteiger partial charge in [-0.05, 0) is 35.0 Å². The lowest BCUT2D eigenvalue weighted by atomic mass is 10.1. The first-order valence-electron chi connectivity index (χ1n) is 9.62. The highest BCUT2D eigenvalue weighted by Crippen LogP contribution is 2.34. The normalized spacial score (nSPS) is 11.3. The summed E-state index contributed by atoms with van der Waals surface area (Å²) in [7, 11) is 0. The minimum Gasteiger partial charge on any atom is -0.214 e. The fourth-order valence-corrected chi connectivity index (χ4v) is 3.59. The molecule has 0 aromatic heterocycles. The summed E-state index contributed by atoms with van der Waals surface area (Å²) in [6.07, 6.45) is 0. The molecule has 0 aliphatic rings. The molecule has 0 bridgehead atoms. The standard InChI is InChI=1S/C26H19N3/c1-2-14-22(15-3-1)29(26-19-9-13-21-11-5-7-17-24(21)26)28-27-25-18-8-12-20-10-4-6-16-23(20)25/h1-19H. The fraction of sp³-hybridized carbons (Fsp3) is 0. The molecule has 5 aromatic carbocycles. The van der Waals surface area contributed by atoms with E-state index in [0.717, 1.165) is 33.2 Å². The summed E-state index contributed by atoms with van der Waals surface area (Å²) in [5.41, 5.74) is 2.82. The van der Waals surface area contributed by atoms with Crippen molar-refractivity contribution in [3.05, 3.63) is 115 Å². The number of anilines is 2. The highest BCUT2D eigenvalue weighted by molar-refractivity contribution is 5.96. The smallest absolute Gasteiger partial charge is 0.0952 e. The van der Waals surface area contributed by atoms with Gasteiger partial charge in [0.05, 0.1) is 17.1 Å². The number of nitrogens with zero attached hydrogens (tertiary/aromatic N) is 3. The first kappa shape index (κ1) is 17.1. The van der Waals surface area contributed by atoms with Crippen LogP contribution >= 0.6 is 0 Å². The predicted molar refractivity (Wildman–Crippen MR) is 121 cm³/mol. The van der Waals surface area contributed by atoms with Crippen LogP contribution in [0.1, 0.15) is 0 Å². The van der Waals surface area contributed by atoms with Crippen molar-refractivity contribution in [1.82, 2.24) is 0 Å². The Hall–Kier alpha value is -3.98. The van der Waals surface area contributed by atoms with Crippen LogP contribution in [-0.4, -0.2) is 0 Å². The summed E-state index contributed by atoms with van der Waals surface area (Å²) in [6, 6.07) is 39.1. The van der Waals surface area contributed by atoms with Crippen molar-refractivity contribution in [1.29, 1.82) is 0 Å². The fourth-order valence-electron chi connectivity index (χ4n) is 3.59. The van der Waals surface area contributed by atoms with E-state index in [9.17, 15) is 0 Å². The summed E-state index contributed by atoms with van der Waals surface area (Å²) in [6.45, 7) is 0. The first-order valence-corrected chi connectivity index (χ1v) is 9.62. The Balaban J connectivity index is 1.66. The quantitative estimate of drug-likeness (QED) is 0.233. The molecular weight excluding hydrogens is 354 g/mol.